The van der Waals surface area contributed by atoms with E-state index in [-0.39, 0.29) is 13.0 Å². The van der Waals surface area contributed by atoms with Gasteiger partial charge in [0.25, 0.3) is 0 Å². The lowest BCUT2D eigenvalue weighted by Crippen LogP contribution is -2.65. The average molecular weight is 598 g/mol. The highest BCUT2D eigenvalue weighted by Gasteiger charge is 2.47. The van der Waals surface area contributed by atoms with Gasteiger partial charge in [-0.15, -0.1) is 0 Å². The highest BCUT2D eigenvalue weighted by molar-refractivity contribution is 5.91. The number of hydrogen-bond donors (Lipinski definition) is 7. The smallest absolute Gasteiger partial charge is 0.328 e. The van der Waals surface area contributed by atoms with Crippen LogP contribution in [0.2, 0.25) is 0 Å². The molecule has 0 spiro atoms. The van der Waals surface area contributed by atoms with Crippen LogP contribution in [-0.2, 0) is 44.6 Å². The molecule has 0 saturated carbocycles. The maximum Gasteiger partial charge on any atom is 0.328 e. The van der Waals surface area contributed by atoms with E-state index < -0.39 is 91.5 Å². The quantitative estimate of drug-likeness (QED) is 0.109. The number of carboxylic acids is 1. The molecule has 0 bridgehead atoms. The van der Waals surface area contributed by atoms with Gasteiger partial charge in [0.15, 0.2) is 6.29 Å². The van der Waals surface area contributed by atoms with E-state index in [1.54, 1.807) is 0 Å². The minimum absolute atomic E-state index is 0.00675. The van der Waals surface area contributed by atoms with Crippen molar-refractivity contribution < 1.29 is 58.6 Å². The van der Waals surface area contributed by atoms with Crippen LogP contribution in [0.5, 0.6) is 0 Å². The number of carbonyl (C=O) groups is 5. The molecule has 7 N–H and O–H groups in total. The Bertz CT molecular complexity index is 1070. The van der Waals surface area contributed by atoms with Crippen molar-refractivity contribution in [1.29, 1.82) is 0 Å². The molecule has 0 radical (unpaired) electrons. The zero-order valence-electron chi connectivity index (χ0n) is 23.6. The van der Waals surface area contributed by atoms with Gasteiger partial charge in [-0.25, -0.2) is 4.79 Å². The van der Waals surface area contributed by atoms with Crippen LogP contribution in [0.15, 0.2) is 30.3 Å². The Labute approximate surface area is 242 Å². The maximum atomic E-state index is 12.8. The number of aliphatic hydroxyl groups is 3. The number of amides is 3. The van der Waals surface area contributed by atoms with Gasteiger partial charge in [0.1, 0.15) is 42.5 Å². The summed E-state index contributed by atoms with van der Waals surface area (Å²) in [5, 5.41) is 46.4. The summed E-state index contributed by atoms with van der Waals surface area (Å²) < 4.78 is 16.0. The Hall–Kier alpha value is -3.63. The van der Waals surface area contributed by atoms with E-state index in [9.17, 15) is 39.3 Å². The lowest BCUT2D eigenvalue weighted by molar-refractivity contribution is -0.266. The topological polar surface area (TPSA) is 230 Å². The monoisotopic (exact) mass is 597 g/mol. The summed E-state index contributed by atoms with van der Waals surface area (Å²) in [5.74, 6) is -4.21. The number of carbonyl (C=O) groups excluding carboxylic acids is 4. The Kier molecular flexibility index (Phi) is 13.8. The van der Waals surface area contributed by atoms with Gasteiger partial charge in [-0.05, 0) is 25.8 Å². The molecule has 1 aliphatic rings. The number of aliphatic hydroxyl groups excluding tert-OH is 3. The van der Waals surface area contributed by atoms with Gasteiger partial charge in [0, 0.05) is 19.8 Å². The van der Waals surface area contributed by atoms with E-state index in [4.69, 9.17) is 19.3 Å². The fourth-order valence-corrected chi connectivity index (χ4v) is 4.16. The van der Waals surface area contributed by atoms with E-state index >= 15 is 0 Å². The number of hydrogen-bond acceptors (Lipinski definition) is 11. The minimum Gasteiger partial charge on any atom is -0.481 e. The molecule has 2 rings (SSSR count). The molecule has 1 heterocycles. The second kappa shape index (κ2) is 16.7. The molecule has 42 heavy (non-hydrogen) atoms. The van der Waals surface area contributed by atoms with Crippen molar-refractivity contribution in [3.63, 3.8) is 0 Å². The molecule has 15 heteroatoms. The third kappa shape index (κ3) is 10.6. The zero-order chi connectivity index (χ0) is 31.4. The first kappa shape index (κ1) is 34.6. The van der Waals surface area contributed by atoms with Crippen LogP contribution in [0.3, 0.4) is 0 Å². The summed E-state index contributed by atoms with van der Waals surface area (Å²) in [6.45, 7) is 3.11. The first-order valence-electron chi connectivity index (χ1n) is 13.4. The molecular weight excluding hydrogens is 558 g/mol. The second-order valence-corrected chi connectivity index (χ2v) is 9.83. The Balaban J connectivity index is 1.99. The van der Waals surface area contributed by atoms with E-state index in [1.807, 2.05) is 30.3 Å². The number of carboxylic acid groups (broad SMARTS) is 1. The van der Waals surface area contributed by atoms with Crippen molar-refractivity contribution >= 4 is 29.7 Å². The summed E-state index contributed by atoms with van der Waals surface area (Å²) in [7, 11) is 0. The summed E-state index contributed by atoms with van der Waals surface area (Å²) in [6.07, 6.45) is -7.40. The number of aliphatic carboxylic acids is 1. The van der Waals surface area contributed by atoms with E-state index in [0.29, 0.717) is 6.42 Å². The van der Waals surface area contributed by atoms with E-state index in [2.05, 4.69) is 16.0 Å². The number of ether oxygens (including phenoxy) is 3. The molecule has 0 aromatic heterocycles. The van der Waals surface area contributed by atoms with Gasteiger partial charge in [-0.1, -0.05) is 30.3 Å². The summed E-state index contributed by atoms with van der Waals surface area (Å²) in [4.78, 5) is 60.9. The van der Waals surface area contributed by atoms with Crippen LogP contribution >= 0.6 is 0 Å². The highest BCUT2D eigenvalue weighted by Crippen LogP contribution is 2.23. The summed E-state index contributed by atoms with van der Waals surface area (Å²) in [5.41, 5.74) is 0.919. The molecule has 234 valence electrons. The second-order valence-electron chi connectivity index (χ2n) is 9.83. The number of benzene rings is 1. The molecule has 0 aliphatic carbocycles. The van der Waals surface area contributed by atoms with Crippen molar-refractivity contribution in [1.82, 2.24) is 16.0 Å². The van der Waals surface area contributed by atoms with Gasteiger partial charge in [-0.2, -0.15) is 0 Å². The predicted molar refractivity (Wildman–Crippen MR) is 143 cm³/mol. The number of esters is 1. The maximum absolute atomic E-state index is 12.8. The van der Waals surface area contributed by atoms with Crippen LogP contribution in [0, 0.1) is 0 Å². The molecule has 0 unspecified atom stereocenters. The van der Waals surface area contributed by atoms with Gasteiger partial charge >= 0.3 is 11.9 Å². The molecule has 1 fully saturated rings. The Morgan fingerprint density at radius 1 is 1.02 bits per heavy atom. The van der Waals surface area contributed by atoms with E-state index in [1.165, 1.54) is 13.8 Å². The van der Waals surface area contributed by atoms with Crippen LogP contribution in [-0.4, -0.2) is 112 Å². The van der Waals surface area contributed by atoms with Gasteiger partial charge < -0.3 is 50.6 Å². The Morgan fingerprint density at radius 2 is 1.69 bits per heavy atom. The molecule has 1 aromatic rings. The SMILES string of the molecule is CC(=O)N[C@@H]1[C@@H](O[C@H](C)C(=O)N[C@@H](C)C(=O)N[C@H](CCC(=O)O)C(=O)OCCc2ccccc2)[C@H](O)[C@@H](CO)O[C@H]1O. The predicted octanol–water partition coefficient (Wildman–Crippen LogP) is -2.02. The van der Waals surface area contributed by atoms with Crippen LogP contribution in [0.1, 0.15) is 39.2 Å². The fourth-order valence-electron chi connectivity index (χ4n) is 4.16. The molecule has 15 nitrogen and oxygen atoms in total. The van der Waals surface area contributed by atoms with Crippen LogP contribution in [0.4, 0.5) is 0 Å². The summed E-state index contributed by atoms with van der Waals surface area (Å²) >= 11 is 0. The molecule has 1 saturated heterocycles. The molecule has 8 atom stereocenters. The largest absolute Gasteiger partial charge is 0.481 e. The lowest BCUT2D eigenvalue weighted by atomic mass is 9.96. The molecule has 3 amide bonds. The van der Waals surface area contributed by atoms with Gasteiger partial charge in [0.05, 0.1) is 13.2 Å². The third-order valence-electron chi connectivity index (χ3n) is 6.45. The minimum atomic E-state index is -1.66. The van der Waals surface area contributed by atoms with Crippen molar-refractivity contribution in [3.05, 3.63) is 35.9 Å². The standard InChI is InChI=1S/C27H39N3O12/c1-14(24(36)30-18(9-10-20(33)34)26(38)40-12-11-17-7-5-4-6-8-17)28-25(37)15(2)41-23-21(29-16(3)32)27(39)42-19(13-31)22(23)35/h4-8,14-15,18-19,21-23,27,31,35,39H,9-13H2,1-3H3,(H,28,37)(H,29,32)(H,30,36)(H,33,34)/t14-,15+,18+,19+,21+,22+,23+,27+/m0/s1. The number of rotatable bonds is 15. The first-order valence-corrected chi connectivity index (χ1v) is 13.4. The first-order chi connectivity index (χ1) is 19.8. The lowest BCUT2D eigenvalue weighted by Gasteiger charge is -2.43. The highest BCUT2D eigenvalue weighted by atomic mass is 16.6. The van der Waals surface area contributed by atoms with Crippen molar-refractivity contribution in [3.8, 4) is 0 Å². The van der Waals surface area contributed by atoms with Gasteiger partial charge in [0.2, 0.25) is 17.7 Å². The van der Waals surface area contributed by atoms with E-state index in [0.717, 1.165) is 12.5 Å². The van der Waals surface area contributed by atoms with Gasteiger partial charge in [-0.3, -0.25) is 19.2 Å². The van der Waals surface area contributed by atoms with Crippen molar-refractivity contribution in [2.75, 3.05) is 13.2 Å². The molecule has 1 aliphatic heterocycles. The van der Waals surface area contributed by atoms with Crippen LogP contribution < -0.4 is 16.0 Å². The third-order valence-corrected chi connectivity index (χ3v) is 6.45. The fraction of sp³-hybridized carbons (Fsp3) is 0.593. The van der Waals surface area contributed by atoms with Crippen molar-refractivity contribution in [2.45, 2.75) is 88.9 Å². The molecular formula is C27H39N3O12. The average Bonchev–Trinajstić information content (AvgIpc) is 2.94. The summed E-state index contributed by atoms with van der Waals surface area (Å²) in [6, 6.07) is 5.42. The van der Waals surface area contributed by atoms with Crippen LogP contribution in [0.25, 0.3) is 0 Å². The number of nitrogens with one attached hydrogen (secondary N) is 3. The normalized spacial score (nSPS) is 24.0. The van der Waals surface area contributed by atoms with Crippen molar-refractivity contribution in [2.24, 2.45) is 0 Å². The Morgan fingerprint density at radius 3 is 2.29 bits per heavy atom. The molecule has 1 aromatic carbocycles. The zero-order valence-corrected chi connectivity index (χ0v) is 23.6.